The molecule has 1 aromatic rings. The number of aliphatic hydroxyl groups is 2. The average Bonchev–Trinajstić information content (AvgIpc) is 2.99. The second-order valence-electron chi connectivity index (χ2n) is 7.01. The molecule has 3 N–H and O–H groups in total. The Balaban J connectivity index is 1.67. The number of nitrogens with one attached hydrogen (secondary N) is 1. The fourth-order valence-corrected chi connectivity index (χ4v) is 3.38. The molecular weight excluding hydrogens is 286 g/mol. The molecule has 1 unspecified atom stereocenters. The van der Waals surface area contributed by atoms with Gasteiger partial charge in [-0.05, 0) is 36.8 Å². The van der Waals surface area contributed by atoms with Gasteiger partial charge in [0.2, 0.25) is 0 Å². The minimum Gasteiger partial charge on any atom is -0.392 e. The average molecular weight is 319 g/mol. The van der Waals surface area contributed by atoms with E-state index < -0.39 is 6.10 Å². The SMILES string of the molecule is CCCCCCCCc1ccc(CC(O)[C@@H]2C[C@@H](O)CN2)cc1. The first-order chi connectivity index (χ1) is 11.2. The number of aliphatic hydroxyl groups excluding tert-OH is 2. The Hall–Kier alpha value is -0.900. The van der Waals surface area contributed by atoms with Gasteiger partial charge in [0.25, 0.3) is 0 Å². The molecule has 0 radical (unpaired) electrons. The van der Waals surface area contributed by atoms with Crippen LogP contribution in [-0.4, -0.2) is 35.0 Å². The summed E-state index contributed by atoms with van der Waals surface area (Å²) in [7, 11) is 0. The molecule has 1 saturated heterocycles. The lowest BCUT2D eigenvalue weighted by Gasteiger charge is -2.18. The molecule has 23 heavy (non-hydrogen) atoms. The van der Waals surface area contributed by atoms with Gasteiger partial charge in [0.15, 0.2) is 0 Å². The topological polar surface area (TPSA) is 52.5 Å². The lowest BCUT2D eigenvalue weighted by molar-refractivity contribution is 0.124. The van der Waals surface area contributed by atoms with E-state index in [9.17, 15) is 10.2 Å². The summed E-state index contributed by atoms with van der Waals surface area (Å²) < 4.78 is 0. The third-order valence-electron chi connectivity index (χ3n) is 4.89. The number of β-amino-alcohol motifs (C(OH)–C–C–N with tert-alkyl or cyclic N) is 1. The van der Waals surface area contributed by atoms with E-state index in [1.807, 2.05) is 0 Å². The predicted octanol–water partition coefficient (Wildman–Crippen LogP) is 3.22. The van der Waals surface area contributed by atoms with Gasteiger partial charge in [-0.25, -0.2) is 0 Å². The molecule has 1 aromatic carbocycles. The first-order valence-corrected chi connectivity index (χ1v) is 9.36. The van der Waals surface area contributed by atoms with E-state index in [4.69, 9.17) is 0 Å². The van der Waals surface area contributed by atoms with Crippen LogP contribution in [0.5, 0.6) is 0 Å². The Morgan fingerprint density at radius 1 is 1.04 bits per heavy atom. The summed E-state index contributed by atoms with van der Waals surface area (Å²) >= 11 is 0. The van der Waals surface area contributed by atoms with Crippen molar-refractivity contribution in [3.05, 3.63) is 35.4 Å². The Labute approximate surface area is 141 Å². The zero-order valence-electron chi connectivity index (χ0n) is 14.5. The maximum Gasteiger partial charge on any atom is 0.0734 e. The fraction of sp³-hybridized carbons (Fsp3) is 0.700. The third kappa shape index (κ3) is 6.62. The molecule has 1 heterocycles. The fourth-order valence-electron chi connectivity index (χ4n) is 3.38. The van der Waals surface area contributed by atoms with E-state index in [2.05, 4.69) is 36.5 Å². The number of hydrogen-bond donors (Lipinski definition) is 3. The predicted molar refractivity (Wildman–Crippen MR) is 95.6 cm³/mol. The zero-order chi connectivity index (χ0) is 16.5. The van der Waals surface area contributed by atoms with Crippen molar-refractivity contribution < 1.29 is 10.2 Å². The van der Waals surface area contributed by atoms with Crippen LogP contribution in [0.4, 0.5) is 0 Å². The van der Waals surface area contributed by atoms with Crippen LogP contribution in [0.3, 0.4) is 0 Å². The molecule has 0 spiro atoms. The molecule has 1 aliphatic rings. The molecule has 0 saturated carbocycles. The van der Waals surface area contributed by atoms with Gasteiger partial charge in [-0.3, -0.25) is 0 Å². The van der Waals surface area contributed by atoms with Crippen molar-refractivity contribution in [3.63, 3.8) is 0 Å². The number of benzene rings is 1. The number of hydrogen-bond acceptors (Lipinski definition) is 3. The monoisotopic (exact) mass is 319 g/mol. The van der Waals surface area contributed by atoms with Crippen molar-refractivity contribution in [2.24, 2.45) is 0 Å². The van der Waals surface area contributed by atoms with Crippen LogP contribution in [0.25, 0.3) is 0 Å². The maximum atomic E-state index is 10.3. The minimum atomic E-state index is -0.420. The smallest absolute Gasteiger partial charge is 0.0734 e. The van der Waals surface area contributed by atoms with E-state index in [1.165, 1.54) is 49.7 Å². The zero-order valence-corrected chi connectivity index (χ0v) is 14.5. The third-order valence-corrected chi connectivity index (χ3v) is 4.89. The van der Waals surface area contributed by atoms with E-state index >= 15 is 0 Å². The Morgan fingerprint density at radius 2 is 1.70 bits per heavy atom. The van der Waals surface area contributed by atoms with E-state index in [-0.39, 0.29) is 12.1 Å². The van der Waals surface area contributed by atoms with Crippen LogP contribution in [-0.2, 0) is 12.8 Å². The summed E-state index contributed by atoms with van der Waals surface area (Å²) in [5, 5.41) is 23.0. The summed E-state index contributed by atoms with van der Waals surface area (Å²) in [6.07, 6.45) is 9.74. The van der Waals surface area contributed by atoms with Crippen molar-refractivity contribution in [1.82, 2.24) is 5.32 Å². The van der Waals surface area contributed by atoms with E-state index in [0.717, 1.165) is 6.42 Å². The van der Waals surface area contributed by atoms with Crippen LogP contribution >= 0.6 is 0 Å². The van der Waals surface area contributed by atoms with Crippen LogP contribution < -0.4 is 5.32 Å². The van der Waals surface area contributed by atoms with Gasteiger partial charge in [-0.1, -0.05) is 63.3 Å². The number of aryl methyl sites for hydroxylation is 1. The summed E-state index contributed by atoms with van der Waals surface area (Å²) in [5.74, 6) is 0. The summed E-state index contributed by atoms with van der Waals surface area (Å²) in [6.45, 7) is 2.85. The lowest BCUT2D eigenvalue weighted by atomic mass is 9.98. The number of rotatable bonds is 10. The van der Waals surface area contributed by atoms with Gasteiger partial charge in [-0.15, -0.1) is 0 Å². The highest BCUT2D eigenvalue weighted by atomic mass is 16.3. The molecule has 1 fully saturated rings. The molecule has 130 valence electrons. The molecule has 3 atom stereocenters. The Bertz CT molecular complexity index is 432. The molecule has 2 rings (SSSR count). The normalized spacial score (nSPS) is 22.4. The molecular formula is C20H33NO2. The van der Waals surface area contributed by atoms with Crippen molar-refractivity contribution >= 4 is 0 Å². The maximum absolute atomic E-state index is 10.3. The first kappa shape index (κ1) is 18.4. The second kappa shape index (κ2) is 10.1. The van der Waals surface area contributed by atoms with Crippen LogP contribution in [0.2, 0.25) is 0 Å². The van der Waals surface area contributed by atoms with Crippen LogP contribution in [0.1, 0.15) is 63.0 Å². The second-order valence-corrected chi connectivity index (χ2v) is 7.01. The number of unbranched alkanes of at least 4 members (excludes halogenated alkanes) is 5. The summed E-state index contributed by atoms with van der Waals surface area (Å²) in [6, 6.07) is 8.70. The molecule has 3 nitrogen and oxygen atoms in total. The van der Waals surface area contributed by atoms with Crippen LogP contribution in [0.15, 0.2) is 24.3 Å². The Morgan fingerprint density at radius 3 is 2.35 bits per heavy atom. The quantitative estimate of drug-likeness (QED) is 0.580. The molecule has 0 aliphatic carbocycles. The largest absolute Gasteiger partial charge is 0.392 e. The van der Waals surface area contributed by atoms with Crippen LogP contribution in [0, 0.1) is 0 Å². The highest BCUT2D eigenvalue weighted by molar-refractivity contribution is 5.23. The lowest BCUT2D eigenvalue weighted by Crippen LogP contribution is -2.36. The van der Waals surface area contributed by atoms with Gasteiger partial charge in [0.1, 0.15) is 0 Å². The molecule has 0 amide bonds. The van der Waals surface area contributed by atoms with Crippen molar-refractivity contribution in [1.29, 1.82) is 0 Å². The van der Waals surface area contributed by atoms with Crippen molar-refractivity contribution in [2.45, 2.75) is 83.0 Å². The molecule has 1 aliphatic heterocycles. The standard InChI is InChI=1S/C20H33NO2/c1-2-3-4-5-6-7-8-16-9-11-17(12-10-16)13-20(23)19-14-18(22)15-21-19/h9-12,18-23H,2-8,13-15H2,1H3/t18-,19+,20?/m1/s1. The van der Waals surface area contributed by atoms with Crippen molar-refractivity contribution in [3.8, 4) is 0 Å². The summed E-state index contributed by atoms with van der Waals surface area (Å²) in [4.78, 5) is 0. The van der Waals surface area contributed by atoms with Gasteiger partial charge < -0.3 is 15.5 Å². The van der Waals surface area contributed by atoms with E-state index in [1.54, 1.807) is 0 Å². The van der Waals surface area contributed by atoms with Gasteiger partial charge in [0, 0.05) is 12.6 Å². The summed E-state index contributed by atoms with van der Waals surface area (Å²) in [5.41, 5.74) is 2.57. The minimum absolute atomic E-state index is 0.0211. The van der Waals surface area contributed by atoms with Gasteiger partial charge >= 0.3 is 0 Å². The molecule has 0 aromatic heterocycles. The van der Waals surface area contributed by atoms with Gasteiger partial charge in [0.05, 0.1) is 12.2 Å². The van der Waals surface area contributed by atoms with E-state index in [0.29, 0.717) is 19.4 Å². The highest BCUT2D eigenvalue weighted by Gasteiger charge is 2.27. The Kier molecular flexibility index (Phi) is 8.07. The molecule has 3 heteroatoms. The van der Waals surface area contributed by atoms with Crippen molar-refractivity contribution in [2.75, 3.05) is 6.54 Å². The van der Waals surface area contributed by atoms with Gasteiger partial charge in [-0.2, -0.15) is 0 Å². The highest BCUT2D eigenvalue weighted by Crippen LogP contribution is 2.16. The molecule has 0 bridgehead atoms. The first-order valence-electron chi connectivity index (χ1n) is 9.36.